The Morgan fingerprint density at radius 3 is 2.75 bits per heavy atom. The molecule has 0 N–H and O–H groups in total. The fourth-order valence-electron chi connectivity index (χ4n) is 3.10. The van der Waals surface area contributed by atoms with Crippen LogP contribution in [0.2, 0.25) is 0 Å². The fraction of sp³-hybridized carbons (Fsp3) is 0.350. The van der Waals surface area contributed by atoms with Gasteiger partial charge in [-0.25, -0.2) is 9.40 Å². The highest BCUT2D eigenvalue weighted by Gasteiger charge is 2.35. The number of methoxy groups -OCH3 is 1. The molecule has 1 atom stereocenters. The summed E-state index contributed by atoms with van der Waals surface area (Å²) in [6, 6.07) is 9.70. The Morgan fingerprint density at radius 1 is 1.32 bits per heavy atom. The van der Waals surface area contributed by atoms with Crippen molar-refractivity contribution in [2.45, 2.75) is 19.4 Å². The molecule has 1 aliphatic heterocycles. The van der Waals surface area contributed by atoms with Gasteiger partial charge in [-0.1, -0.05) is 24.3 Å². The smallest absolute Gasteiger partial charge is 0.262 e. The number of amides is 2. The number of hydrazone groups is 1. The van der Waals surface area contributed by atoms with Gasteiger partial charge in [0.05, 0.1) is 23.2 Å². The summed E-state index contributed by atoms with van der Waals surface area (Å²) < 4.78 is 19.4. The van der Waals surface area contributed by atoms with Gasteiger partial charge in [0.25, 0.3) is 5.91 Å². The number of benzene rings is 1. The average molecular weight is 403 g/mol. The lowest BCUT2D eigenvalue weighted by molar-refractivity contribution is -0.141. The third kappa shape index (κ3) is 4.45. The first kappa shape index (κ1) is 20.2. The van der Waals surface area contributed by atoms with Crippen LogP contribution >= 0.6 is 11.3 Å². The molecule has 0 unspecified atom stereocenters. The van der Waals surface area contributed by atoms with Gasteiger partial charge in [0.2, 0.25) is 5.91 Å². The van der Waals surface area contributed by atoms with E-state index >= 15 is 0 Å². The molecule has 6 nitrogen and oxygen atoms in total. The van der Waals surface area contributed by atoms with E-state index in [2.05, 4.69) is 5.10 Å². The minimum absolute atomic E-state index is 0.134. The highest BCUT2D eigenvalue weighted by atomic mass is 32.1. The number of ether oxygens (including phenoxy) is 1. The van der Waals surface area contributed by atoms with E-state index in [9.17, 15) is 14.0 Å². The normalized spacial score (nSPS) is 16.2. The molecule has 1 aromatic heterocycles. The van der Waals surface area contributed by atoms with E-state index in [1.165, 1.54) is 41.3 Å². The molecule has 0 fully saturated rings. The van der Waals surface area contributed by atoms with Crippen molar-refractivity contribution >= 4 is 28.9 Å². The monoisotopic (exact) mass is 403 g/mol. The topological polar surface area (TPSA) is 62.2 Å². The second kappa shape index (κ2) is 9.07. The first-order valence-corrected chi connectivity index (χ1v) is 9.81. The third-order valence-corrected chi connectivity index (χ3v) is 5.49. The van der Waals surface area contributed by atoms with Crippen LogP contribution in [-0.2, 0) is 14.3 Å². The molecule has 28 heavy (non-hydrogen) atoms. The fourth-order valence-corrected chi connectivity index (χ4v) is 3.83. The van der Waals surface area contributed by atoms with Gasteiger partial charge in [-0.2, -0.15) is 5.10 Å². The van der Waals surface area contributed by atoms with E-state index in [1.54, 1.807) is 18.2 Å². The SMILES string of the molecule is COCCN(CC(=O)N1N=C(c2cccs2)C[C@H]1c1ccccc1F)C(C)=O. The standard InChI is InChI=1S/C20H22FN3O3S/c1-14(25)23(9-10-27-2)13-20(26)24-18(15-6-3-4-7-16(15)21)12-17(22-24)19-8-5-11-28-19/h3-8,11,18H,9-10,12-13H2,1-2H3/t18-/m0/s1. The quantitative estimate of drug-likeness (QED) is 0.714. The maximum atomic E-state index is 14.4. The van der Waals surface area contributed by atoms with Crippen LogP contribution in [0.4, 0.5) is 4.39 Å². The maximum Gasteiger partial charge on any atom is 0.262 e. The van der Waals surface area contributed by atoms with E-state index in [-0.39, 0.29) is 24.2 Å². The zero-order chi connectivity index (χ0) is 20.1. The Morgan fingerprint density at radius 2 is 2.11 bits per heavy atom. The lowest BCUT2D eigenvalue weighted by atomic mass is 10.0. The average Bonchev–Trinajstić information content (AvgIpc) is 3.34. The highest BCUT2D eigenvalue weighted by Crippen LogP contribution is 2.35. The molecule has 0 saturated carbocycles. The molecule has 148 valence electrons. The van der Waals surface area contributed by atoms with Crippen LogP contribution < -0.4 is 0 Å². The first-order chi connectivity index (χ1) is 13.5. The van der Waals surface area contributed by atoms with Crippen molar-refractivity contribution in [3.8, 4) is 0 Å². The number of thiophene rings is 1. The zero-order valence-electron chi connectivity index (χ0n) is 15.8. The largest absolute Gasteiger partial charge is 0.383 e. The molecular weight excluding hydrogens is 381 g/mol. The molecular formula is C20H22FN3O3S. The molecule has 0 radical (unpaired) electrons. The van der Waals surface area contributed by atoms with Crippen LogP contribution in [0.3, 0.4) is 0 Å². The predicted molar refractivity (Wildman–Crippen MR) is 106 cm³/mol. The molecule has 0 bridgehead atoms. The lowest BCUT2D eigenvalue weighted by Crippen LogP contribution is -2.41. The second-order valence-electron chi connectivity index (χ2n) is 6.44. The molecule has 0 saturated heterocycles. The Bertz CT molecular complexity index is 869. The van der Waals surface area contributed by atoms with E-state index in [0.29, 0.717) is 25.1 Å². The second-order valence-corrected chi connectivity index (χ2v) is 7.38. The van der Waals surface area contributed by atoms with Crippen LogP contribution in [-0.4, -0.2) is 54.2 Å². The summed E-state index contributed by atoms with van der Waals surface area (Å²) in [7, 11) is 1.53. The third-order valence-electron chi connectivity index (χ3n) is 4.57. The van der Waals surface area contributed by atoms with Crippen LogP contribution in [0.15, 0.2) is 46.9 Å². The van der Waals surface area contributed by atoms with E-state index in [0.717, 1.165) is 10.6 Å². The van der Waals surface area contributed by atoms with Crippen molar-refractivity contribution in [1.29, 1.82) is 0 Å². The summed E-state index contributed by atoms with van der Waals surface area (Å²) in [6.07, 6.45) is 0.422. The number of nitrogens with zero attached hydrogens (tertiary/aromatic N) is 3. The van der Waals surface area contributed by atoms with Crippen molar-refractivity contribution in [2.75, 3.05) is 26.8 Å². The summed E-state index contributed by atoms with van der Waals surface area (Å²) in [6.45, 7) is 1.90. The van der Waals surface area contributed by atoms with E-state index < -0.39 is 6.04 Å². The van der Waals surface area contributed by atoms with Gasteiger partial charge in [-0.05, 0) is 17.5 Å². The van der Waals surface area contributed by atoms with E-state index in [4.69, 9.17) is 4.74 Å². The summed E-state index contributed by atoms with van der Waals surface area (Å²) in [4.78, 5) is 27.2. The van der Waals surface area contributed by atoms with Crippen molar-refractivity contribution < 1.29 is 18.7 Å². The Kier molecular flexibility index (Phi) is 6.53. The van der Waals surface area contributed by atoms with Gasteiger partial charge in [-0.15, -0.1) is 11.3 Å². The molecule has 2 aromatic rings. The minimum Gasteiger partial charge on any atom is -0.383 e. The molecule has 1 aliphatic rings. The number of rotatable bonds is 7. The van der Waals surface area contributed by atoms with Gasteiger partial charge >= 0.3 is 0 Å². The maximum absolute atomic E-state index is 14.4. The Hall–Kier alpha value is -2.58. The van der Waals surface area contributed by atoms with E-state index in [1.807, 2.05) is 17.5 Å². The van der Waals surface area contributed by atoms with Crippen LogP contribution in [0, 0.1) is 5.82 Å². The van der Waals surface area contributed by atoms with Crippen molar-refractivity contribution in [3.63, 3.8) is 0 Å². The van der Waals surface area contributed by atoms with Gasteiger partial charge in [-0.3, -0.25) is 9.59 Å². The molecule has 2 heterocycles. The lowest BCUT2D eigenvalue weighted by Gasteiger charge is -2.26. The van der Waals surface area contributed by atoms with Crippen LogP contribution in [0.25, 0.3) is 0 Å². The molecule has 2 amide bonds. The summed E-state index contributed by atoms with van der Waals surface area (Å²) in [5.41, 5.74) is 1.15. The van der Waals surface area contributed by atoms with Crippen molar-refractivity contribution in [1.82, 2.24) is 9.91 Å². The van der Waals surface area contributed by atoms with Crippen LogP contribution in [0.5, 0.6) is 0 Å². The number of halogens is 1. The number of carbonyl (C=O) groups is 2. The zero-order valence-corrected chi connectivity index (χ0v) is 16.6. The van der Waals surface area contributed by atoms with Gasteiger partial charge in [0.1, 0.15) is 12.4 Å². The Labute approximate surface area is 167 Å². The number of hydrogen-bond donors (Lipinski definition) is 0. The van der Waals surface area contributed by atoms with Crippen LogP contribution in [0.1, 0.15) is 29.8 Å². The molecule has 0 spiro atoms. The predicted octanol–water partition coefficient (Wildman–Crippen LogP) is 3.06. The molecule has 3 rings (SSSR count). The minimum atomic E-state index is -0.540. The first-order valence-electron chi connectivity index (χ1n) is 8.93. The molecule has 1 aromatic carbocycles. The summed E-state index contributed by atoms with van der Waals surface area (Å²) in [5, 5.41) is 7.75. The highest BCUT2D eigenvalue weighted by molar-refractivity contribution is 7.12. The van der Waals surface area contributed by atoms with Crippen molar-refractivity contribution in [2.24, 2.45) is 5.10 Å². The molecule has 0 aliphatic carbocycles. The van der Waals surface area contributed by atoms with Gasteiger partial charge in [0, 0.05) is 32.6 Å². The Balaban J connectivity index is 1.87. The summed E-state index contributed by atoms with van der Waals surface area (Å²) in [5.74, 6) is -0.962. The van der Waals surface area contributed by atoms with Gasteiger partial charge < -0.3 is 9.64 Å². The molecule has 8 heteroatoms. The number of hydrogen-bond acceptors (Lipinski definition) is 5. The van der Waals surface area contributed by atoms with Crippen molar-refractivity contribution in [3.05, 3.63) is 58.0 Å². The number of carbonyl (C=O) groups excluding carboxylic acids is 2. The van der Waals surface area contributed by atoms with Gasteiger partial charge in [0.15, 0.2) is 0 Å². The summed E-state index contributed by atoms with van der Waals surface area (Å²) >= 11 is 1.52.